The van der Waals surface area contributed by atoms with Crippen molar-refractivity contribution in [3.63, 3.8) is 0 Å². The predicted octanol–water partition coefficient (Wildman–Crippen LogP) is 2.44. The quantitative estimate of drug-likeness (QED) is 0.736. The van der Waals surface area contributed by atoms with Gasteiger partial charge in [0.15, 0.2) is 0 Å². The first-order valence-corrected chi connectivity index (χ1v) is 7.19. The number of fused-ring (bicyclic) bond motifs is 3. The summed E-state index contributed by atoms with van der Waals surface area (Å²) < 4.78 is 0. The zero-order valence-corrected chi connectivity index (χ0v) is 11.5. The third-order valence-corrected chi connectivity index (χ3v) is 6.19. The highest BCUT2D eigenvalue weighted by Crippen LogP contribution is 2.73. The Bertz CT molecular complexity index is 336. The minimum Gasteiger partial charge on any atom is -0.393 e. The average molecular weight is 238 g/mol. The Morgan fingerprint density at radius 1 is 1.24 bits per heavy atom. The number of aliphatic hydroxyl groups is 2. The number of rotatable bonds is 1. The smallest absolute Gasteiger partial charge is 0.0657 e. The standard InChI is InChI=1S/C15H26O2/c1-8(2)11-9-7-14(3)10(16)5-6-15(4,17)13(14)12(9)11/h8-13,16-17H,5-7H2,1-4H3/t9-,10?,11?,12-,13-,14+,15+/m1/s1. The Morgan fingerprint density at radius 2 is 1.88 bits per heavy atom. The van der Waals surface area contributed by atoms with Gasteiger partial charge < -0.3 is 10.2 Å². The summed E-state index contributed by atoms with van der Waals surface area (Å²) in [5, 5.41) is 21.0. The second-order valence-electron chi connectivity index (χ2n) is 7.66. The molecule has 0 amide bonds. The van der Waals surface area contributed by atoms with E-state index in [0.29, 0.717) is 11.8 Å². The van der Waals surface area contributed by atoms with Crippen molar-refractivity contribution in [3.8, 4) is 0 Å². The molecule has 0 heterocycles. The van der Waals surface area contributed by atoms with Gasteiger partial charge in [-0.15, -0.1) is 0 Å². The van der Waals surface area contributed by atoms with Crippen LogP contribution in [0.5, 0.6) is 0 Å². The van der Waals surface area contributed by atoms with Crippen molar-refractivity contribution < 1.29 is 10.2 Å². The highest BCUT2D eigenvalue weighted by molar-refractivity contribution is 5.20. The summed E-state index contributed by atoms with van der Waals surface area (Å²) in [5.74, 6) is 3.28. The monoisotopic (exact) mass is 238 g/mol. The maximum atomic E-state index is 10.7. The molecule has 0 aromatic heterocycles. The maximum absolute atomic E-state index is 10.7. The Hall–Kier alpha value is -0.0800. The molecule has 3 rings (SSSR count). The normalized spacial score (nSPS) is 61.2. The summed E-state index contributed by atoms with van der Waals surface area (Å²) in [6.07, 6.45) is 2.46. The molecule has 2 heteroatoms. The van der Waals surface area contributed by atoms with E-state index in [0.717, 1.165) is 37.0 Å². The van der Waals surface area contributed by atoms with Crippen molar-refractivity contribution in [3.05, 3.63) is 0 Å². The van der Waals surface area contributed by atoms with E-state index in [1.807, 2.05) is 6.92 Å². The first-order chi connectivity index (χ1) is 7.79. The van der Waals surface area contributed by atoms with Crippen LogP contribution >= 0.6 is 0 Å². The van der Waals surface area contributed by atoms with Crippen LogP contribution < -0.4 is 0 Å². The molecule has 3 fully saturated rings. The fraction of sp³-hybridized carbons (Fsp3) is 1.00. The SMILES string of the molecule is CC(C)C1[C@H]2[C@@H]1C[C@@]1(C)C(O)CC[C@](C)(O)[C@H]21. The molecular formula is C15H26O2. The van der Waals surface area contributed by atoms with Crippen LogP contribution in [-0.4, -0.2) is 21.9 Å². The molecule has 0 spiro atoms. The molecule has 0 saturated heterocycles. The largest absolute Gasteiger partial charge is 0.393 e. The molecule has 0 bridgehead atoms. The lowest BCUT2D eigenvalue weighted by Gasteiger charge is -2.51. The van der Waals surface area contributed by atoms with E-state index in [2.05, 4.69) is 20.8 Å². The third-order valence-electron chi connectivity index (χ3n) is 6.19. The molecule has 98 valence electrons. The molecule has 0 aliphatic heterocycles. The van der Waals surface area contributed by atoms with Gasteiger partial charge in [-0.25, -0.2) is 0 Å². The summed E-state index contributed by atoms with van der Waals surface area (Å²) in [6, 6.07) is 0. The van der Waals surface area contributed by atoms with Crippen LogP contribution in [0.1, 0.15) is 47.0 Å². The minimum atomic E-state index is -0.558. The summed E-state index contributed by atoms with van der Waals surface area (Å²) in [6.45, 7) is 8.81. The molecule has 0 aromatic rings. The van der Waals surface area contributed by atoms with Gasteiger partial charge in [-0.05, 0) is 61.2 Å². The van der Waals surface area contributed by atoms with E-state index in [4.69, 9.17) is 0 Å². The lowest BCUT2D eigenvalue weighted by Crippen LogP contribution is -2.54. The molecule has 2 nitrogen and oxygen atoms in total. The molecule has 3 saturated carbocycles. The lowest BCUT2D eigenvalue weighted by atomic mass is 9.58. The molecule has 2 unspecified atom stereocenters. The molecule has 7 atom stereocenters. The van der Waals surface area contributed by atoms with Crippen molar-refractivity contribution >= 4 is 0 Å². The predicted molar refractivity (Wildman–Crippen MR) is 67.4 cm³/mol. The molecule has 3 aliphatic carbocycles. The van der Waals surface area contributed by atoms with Crippen LogP contribution in [0.2, 0.25) is 0 Å². The van der Waals surface area contributed by atoms with Gasteiger partial charge in [0.2, 0.25) is 0 Å². The summed E-state index contributed by atoms with van der Waals surface area (Å²) in [4.78, 5) is 0. The first-order valence-electron chi connectivity index (χ1n) is 7.19. The van der Waals surface area contributed by atoms with E-state index >= 15 is 0 Å². The zero-order valence-electron chi connectivity index (χ0n) is 11.5. The maximum Gasteiger partial charge on any atom is 0.0657 e. The van der Waals surface area contributed by atoms with Gasteiger partial charge in [-0.3, -0.25) is 0 Å². The van der Waals surface area contributed by atoms with Gasteiger partial charge in [-0.1, -0.05) is 20.8 Å². The van der Waals surface area contributed by atoms with E-state index in [1.54, 1.807) is 0 Å². The molecular weight excluding hydrogens is 212 g/mol. The van der Waals surface area contributed by atoms with E-state index < -0.39 is 5.60 Å². The van der Waals surface area contributed by atoms with Gasteiger partial charge in [0.05, 0.1) is 11.7 Å². The van der Waals surface area contributed by atoms with E-state index in [9.17, 15) is 10.2 Å². The van der Waals surface area contributed by atoms with Gasteiger partial charge >= 0.3 is 0 Å². The molecule has 0 aromatic carbocycles. The van der Waals surface area contributed by atoms with Crippen molar-refractivity contribution in [2.24, 2.45) is 35.0 Å². The Labute approximate surface area is 104 Å². The van der Waals surface area contributed by atoms with Gasteiger partial charge in [-0.2, -0.15) is 0 Å². The number of hydrogen-bond acceptors (Lipinski definition) is 2. The van der Waals surface area contributed by atoms with Crippen molar-refractivity contribution in [1.82, 2.24) is 0 Å². The van der Waals surface area contributed by atoms with Crippen molar-refractivity contribution in [2.45, 2.75) is 58.7 Å². The van der Waals surface area contributed by atoms with Gasteiger partial charge in [0.25, 0.3) is 0 Å². The topological polar surface area (TPSA) is 40.5 Å². The minimum absolute atomic E-state index is 0.0253. The number of hydrogen-bond donors (Lipinski definition) is 2. The highest BCUT2D eigenvalue weighted by atomic mass is 16.3. The van der Waals surface area contributed by atoms with Crippen molar-refractivity contribution in [1.29, 1.82) is 0 Å². The fourth-order valence-corrected chi connectivity index (χ4v) is 5.57. The van der Waals surface area contributed by atoms with Crippen LogP contribution in [0.3, 0.4) is 0 Å². The van der Waals surface area contributed by atoms with Crippen LogP contribution in [0.25, 0.3) is 0 Å². The van der Waals surface area contributed by atoms with Gasteiger partial charge in [0, 0.05) is 0 Å². The average Bonchev–Trinajstić information content (AvgIpc) is 2.77. The lowest BCUT2D eigenvalue weighted by molar-refractivity contribution is -0.150. The van der Waals surface area contributed by atoms with E-state index in [-0.39, 0.29) is 11.5 Å². The highest BCUT2D eigenvalue weighted by Gasteiger charge is 2.72. The van der Waals surface area contributed by atoms with Crippen LogP contribution in [0, 0.1) is 35.0 Å². The summed E-state index contributed by atoms with van der Waals surface area (Å²) in [7, 11) is 0. The first kappa shape index (κ1) is 12.0. The second kappa shape index (κ2) is 3.27. The second-order valence-corrected chi connectivity index (χ2v) is 7.66. The van der Waals surface area contributed by atoms with Crippen molar-refractivity contribution in [2.75, 3.05) is 0 Å². The molecule has 2 N–H and O–H groups in total. The third kappa shape index (κ3) is 1.40. The fourth-order valence-electron chi connectivity index (χ4n) is 5.57. The zero-order chi connectivity index (χ0) is 12.6. The number of aliphatic hydroxyl groups excluding tert-OH is 1. The summed E-state index contributed by atoms with van der Waals surface area (Å²) >= 11 is 0. The Balaban J connectivity index is 1.92. The van der Waals surface area contributed by atoms with Crippen LogP contribution in [-0.2, 0) is 0 Å². The molecule has 0 radical (unpaired) electrons. The molecule has 3 aliphatic rings. The Kier molecular flexibility index (Phi) is 2.30. The Morgan fingerprint density at radius 3 is 2.47 bits per heavy atom. The molecule has 17 heavy (non-hydrogen) atoms. The van der Waals surface area contributed by atoms with Gasteiger partial charge in [0.1, 0.15) is 0 Å². The van der Waals surface area contributed by atoms with E-state index in [1.165, 1.54) is 0 Å². The van der Waals surface area contributed by atoms with Crippen LogP contribution in [0.4, 0.5) is 0 Å². The van der Waals surface area contributed by atoms with Crippen LogP contribution in [0.15, 0.2) is 0 Å². The summed E-state index contributed by atoms with van der Waals surface area (Å²) in [5.41, 5.74) is -0.584.